The van der Waals surface area contributed by atoms with Gasteiger partial charge >= 0.3 is 0 Å². The maximum atomic E-state index is 6.15. The van der Waals surface area contributed by atoms with Crippen LogP contribution in [0.4, 0.5) is 0 Å². The minimum absolute atomic E-state index is 0.0576. The first kappa shape index (κ1) is 11.1. The number of ether oxygens (including phenoxy) is 1. The van der Waals surface area contributed by atoms with Gasteiger partial charge in [-0.05, 0) is 17.7 Å². The van der Waals surface area contributed by atoms with Crippen LogP contribution in [0, 0.1) is 0 Å². The highest BCUT2D eigenvalue weighted by molar-refractivity contribution is 6.35. The van der Waals surface area contributed by atoms with Crippen molar-refractivity contribution in [2.24, 2.45) is 0 Å². The van der Waals surface area contributed by atoms with E-state index >= 15 is 0 Å². The van der Waals surface area contributed by atoms with Gasteiger partial charge in [0.1, 0.15) is 12.2 Å². The highest BCUT2D eigenvalue weighted by atomic mass is 35.5. The Kier molecular flexibility index (Phi) is 2.83. The second-order valence-corrected chi connectivity index (χ2v) is 4.90. The molecule has 1 aliphatic heterocycles. The fraction of sp³-hybridized carbons (Fsp3) is 0.143. The third-order valence-corrected chi connectivity index (χ3v) is 3.45. The SMILES string of the molecule is Clc1ccc([C@H]2OC2c2ccccc2)c(Cl)c1. The lowest BCUT2D eigenvalue weighted by Gasteiger charge is -2.01. The average Bonchev–Trinajstić information content (AvgIpc) is 3.10. The molecule has 1 saturated heterocycles. The van der Waals surface area contributed by atoms with Crippen LogP contribution >= 0.6 is 23.2 Å². The Labute approximate surface area is 110 Å². The van der Waals surface area contributed by atoms with Gasteiger partial charge in [-0.2, -0.15) is 0 Å². The van der Waals surface area contributed by atoms with Gasteiger partial charge in [-0.15, -0.1) is 0 Å². The van der Waals surface area contributed by atoms with Crippen LogP contribution in [-0.2, 0) is 4.74 Å². The maximum Gasteiger partial charge on any atom is 0.115 e. The molecule has 0 radical (unpaired) electrons. The molecule has 0 aromatic heterocycles. The molecule has 86 valence electrons. The van der Waals surface area contributed by atoms with Crippen LogP contribution in [-0.4, -0.2) is 0 Å². The Balaban J connectivity index is 1.85. The molecule has 0 N–H and O–H groups in total. The topological polar surface area (TPSA) is 12.5 Å². The number of hydrogen-bond acceptors (Lipinski definition) is 1. The van der Waals surface area contributed by atoms with Crippen LogP contribution in [0.2, 0.25) is 10.0 Å². The summed E-state index contributed by atoms with van der Waals surface area (Å²) in [5.74, 6) is 0. The van der Waals surface area contributed by atoms with Crippen molar-refractivity contribution in [3.63, 3.8) is 0 Å². The molecule has 3 rings (SSSR count). The number of benzene rings is 2. The van der Waals surface area contributed by atoms with Crippen LogP contribution in [0.25, 0.3) is 0 Å². The lowest BCUT2D eigenvalue weighted by Crippen LogP contribution is -1.85. The first-order valence-corrected chi connectivity index (χ1v) is 6.16. The molecular formula is C14H10Cl2O. The van der Waals surface area contributed by atoms with Gasteiger partial charge in [-0.1, -0.05) is 59.6 Å². The average molecular weight is 265 g/mol. The predicted molar refractivity (Wildman–Crippen MR) is 69.5 cm³/mol. The quantitative estimate of drug-likeness (QED) is 0.710. The van der Waals surface area contributed by atoms with Crippen LogP contribution in [0.3, 0.4) is 0 Å². The zero-order valence-corrected chi connectivity index (χ0v) is 10.4. The van der Waals surface area contributed by atoms with Gasteiger partial charge < -0.3 is 4.74 Å². The van der Waals surface area contributed by atoms with Crippen molar-refractivity contribution in [3.05, 3.63) is 69.7 Å². The summed E-state index contributed by atoms with van der Waals surface area (Å²) in [5.41, 5.74) is 2.19. The van der Waals surface area contributed by atoms with Crippen molar-refractivity contribution in [2.75, 3.05) is 0 Å². The van der Waals surface area contributed by atoms with E-state index in [2.05, 4.69) is 12.1 Å². The van der Waals surface area contributed by atoms with Crippen molar-refractivity contribution < 1.29 is 4.74 Å². The van der Waals surface area contributed by atoms with Crippen LogP contribution in [0.5, 0.6) is 0 Å². The highest BCUT2D eigenvalue weighted by Gasteiger charge is 2.42. The van der Waals surface area contributed by atoms with Gasteiger partial charge in [0.15, 0.2) is 0 Å². The van der Waals surface area contributed by atoms with Crippen molar-refractivity contribution in [3.8, 4) is 0 Å². The molecule has 1 aliphatic rings. The molecule has 0 aliphatic carbocycles. The van der Waals surface area contributed by atoms with Crippen LogP contribution in [0.1, 0.15) is 23.3 Å². The molecule has 2 aromatic rings. The minimum atomic E-state index is 0.0576. The first-order chi connectivity index (χ1) is 8.25. The molecule has 1 fully saturated rings. The summed E-state index contributed by atoms with van der Waals surface area (Å²) in [6.07, 6.45) is 0.178. The van der Waals surface area contributed by atoms with E-state index in [9.17, 15) is 0 Å². The molecule has 3 heteroatoms. The molecule has 0 saturated carbocycles. The summed E-state index contributed by atoms with van der Waals surface area (Å²) in [6.45, 7) is 0. The van der Waals surface area contributed by atoms with E-state index in [0.717, 1.165) is 5.56 Å². The summed E-state index contributed by atoms with van der Waals surface area (Å²) in [4.78, 5) is 0. The number of hydrogen-bond donors (Lipinski definition) is 0. The summed E-state index contributed by atoms with van der Waals surface area (Å²) < 4.78 is 5.68. The second-order valence-electron chi connectivity index (χ2n) is 4.05. The number of epoxide rings is 1. The normalized spacial score (nSPS) is 22.5. The largest absolute Gasteiger partial charge is 0.359 e. The molecular weight excluding hydrogens is 255 g/mol. The molecule has 2 aromatic carbocycles. The van der Waals surface area contributed by atoms with Gasteiger partial charge in [-0.25, -0.2) is 0 Å². The Morgan fingerprint density at radius 1 is 0.882 bits per heavy atom. The Bertz CT molecular complexity index is 539. The van der Waals surface area contributed by atoms with Gasteiger partial charge in [0.25, 0.3) is 0 Å². The molecule has 2 atom stereocenters. The fourth-order valence-corrected chi connectivity index (χ4v) is 2.49. The standard InChI is InChI=1S/C14H10Cl2O/c15-10-6-7-11(12(16)8-10)14-13(17-14)9-4-2-1-3-5-9/h1-8,13-14H/t13?,14-/m1/s1. The summed E-state index contributed by atoms with van der Waals surface area (Å²) in [5, 5.41) is 1.32. The zero-order chi connectivity index (χ0) is 11.8. The van der Waals surface area contributed by atoms with Crippen LogP contribution in [0.15, 0.2) is 48.5 Å². The second kappa shape index (κ2) is 4.34. The molecule has 17 heavy (non-hydrogen) atoms. The van der Waals surface area contributed by atoms with Gasteiger partial charge in [0.05, 0.1) is 0 Å². The molecule has 1 nitrogen and oxygen atoms in total. The Morgan fingerprint density at radius 2 is 1.65 bits per heavy atom. The molecule has 0 spiro atoms. The van der Waals surface area contributed by atoms with E-state index in [0.29, 0.717) is 10.0 Å². The van der Waals surface area contributed by atoms with Crippen molar-refractivity contribution >= 4 is 23.2 Å². The summed E-state index contributed by atoms with van der Waals surface area (Å²) in [7, 11) is 0. The third kappa shape index (κ3) is 2.19. The van der Waals surface area contributed by atoms with Gasteiger partial charge in [-0.3, -0.25) is 0 Å². The van der Waals surface area contributed by atoms with E-state index < -0.39 is 0 Å². The third-order valence-electron chi connectivity index (χ3n) is 2.89. The van der Waals surface area contributed by atoms with Crippen molar-refractivity contribution in [1.29, 1.82) is 0 Å². The predicted octanol–water partition coefficient (Wildman–Crippen LogP) is 4.81. The fourth-order valence-electron chi connectivity index (χ4n) is 1.98. The zero-order valence-electron chi connectivity index (χ0n) is 8.94. The lowest BCUT2D eigenvalue weighted by atomic mass is 10.0. The monoisotopic (exact) mass is 264 g/mol. The molecule has 0 amide bonds. The molecule has 0 bridgehead atoms. The molecule has 1 unspecified atom stereocenters. The Morgan fingerprint density at radius 3 is 2.35 bits per heavy atom. The Hall–Kier alpha value is -1.02. The minimum Gasteiger partial charge on any atom is -0.359 e. The first-order valence-electron chi connectivity index (χ1n) is 5.41. The van der Waals surface area contributed by atoms with E-state index in [1.165, 1.54) is 5.56 Å². The van der Waals surface area contributed by atoms with Crippen molar-refractivity contribution in [2.45, 2.75) is 12.2 Å². The number of rotatable bonds is 2. The smallest absolute Gasteiger partial charge is 0.115 e. The number of halogens is 2. The maximum absolute atomic E-state index is 6.15. The van der Waals surface area contributed by atoms with E-state index in [1.807, 2.05) is 30.3 Å². The van der Waals surface area contributed by atoms with E-state index in [-0.39, 0.29) is 12.2 Å². The van der Waals surface area contributed by atoms with Crippen LogP contribution < -0.4 is 0 Å². The van der Waals surface area contributed by atoms with E-state index in [1.54, 1.807) is 6.07 Å². The van der Waals surface area contributed by atoms with Gasteiger partial charge in [0.2, 0.25) is 0 Å². The highest BCUT2D eigenvalue weighted by Crippen LogP contribution is 2.52. The summed E-state index contributed by atoms with van der Waals surface area (Å²) in [6, 6.07) is 15.7. The van der Waals surface area contributed by atoms with E-state index in [4.69, 9.17) is 27.9 Å². The van der Waals surface area contributed by atoms with Gasteiger partial charge in [0, 0.05) is 15.6 Å². The summed E-state index contributed by atoms with van der Waals surface area (Å²) >= 11 is 12.0. The van der Waals surface area contributed by atoms with Crippen molar-refractivity contribution in [1.82, 2.24) is 0 Å². The molecule has 1 heterocycles. The lowest BCUT2D eigenvalue weighted by molar-refractivity contribution is 0.378.